The molecule has 0 atom stereocenters. The van der Waals surface area contributed by atoms with Crippen LogP contribution in [0.5, 0.6) is 5.75 Å². The van der Waals surface area contributed by atoms with E-state index in [0.29, 0.717) is 32.1 Å². The molecule has 1 aliphatic rings. The SMILES string of the molecule is CC(C)(C)OC(=O)N(CCc1ccc(Nc2ccc(OSON3CCOCC3)cc2)cc1)Cc1ccccc1. The fourth-order valence-electron chi connectivity index (χ4n) is 3.86. The highest BCUT2D eigenvalue weighted by atomic mass is 32.2. The number of morpholine rings is 1. The monoisotopic (exact) mass is 551 g/mol. The Hall–Kier alpha value is -3.24. The molecule has 0 unspecified atom stereocenters. The van der Waals surface area contributed by atoms with Crippen LogP contribution in [0.15, 0.2) is 78.9 Å². The first kappa shape index (κ1) is 28.8. The first-order valence-corrected chi connectivity index (χ1v) is 13.8. The molecule has 0 aliphatic carbocycles. The molecule has 3 aromatic rings. The van der Waals surface area contributed by atoms with Gasteiger partial charge in [-0.25, -0.2) is 4.79 Å². The number of carbonyl (C=O) groups is 1. The van der Waals surface area contributed by atoms with E-state index in [2.05, 4.69) is 17.4 Å². The van der Waals surface area contributed by atoms with E-state index >= 15 is 0 Å². The van der Waals surface area contributed by atoms with Crippen molar-refractivity contribution in [1.29, 1.82) is 0 Å². The summed E-state index contributed by atoms with van der Waals surface area (Å²) in [6, 6.07) is 25.9. The summed E-state index contributed by atoms with van der Waals surface area (Å²) in [6.45, 7) is 9.52. The summed E-state index contributed by atoms with van der Waals surface area (Å²) >= 11 is 0.953. The highest BCUT2D eigenvalue weighted by molar-refractivity contribution is 7.90. The van der Waals surface area contributed by atoms with E-state index in [1.807, 2.05) is 92.6 Å². The maximum Gasteiger partial charge on any atom is 0.410 e. The first-order valence-electron chi connectivity index (χ1n) is 13.2. The third kappa shape index (κ3) is 10.1. The molecule has 0 bridgehead atoms. The van der Waals surface area contributed by atoms with Crippen LogP contribution in [0.3, 0.4) is 0 Å². The number of nitrogens with zero attached hydrogens (tertiary/aromatic N) is 2. The minimum absolute atomic E-state index is 0.303. The Morgan fingerprint density at radius 3 is 2.21 bits per heavy atom. The quantitative estimate of drug-likeness (QED) is 0.267. The fraction of sp³-hybridized carbons (Fsp3) is 0.367. The van der Waals surface area contributed by atoms with Crippen LogP contribution in [0, 0.1) is 0 Å². The molecule has 8 nitrogen and oxygen atoms in total. The fourth-order valence-corrected chi connectivity index (χ4v) is 4.32. The second kappa shape index (κ2) is 14.2. The number of amides is 1. The Bertz CT molecular complexity index is 1150. The molecule has 1 heterocycles. The predicted molar refractivity (Wildman–Crippen MR) is 155 cm³/mol. The first-order chi connectivity index (χ1) is 18.8. The number of carbonyl (C=O) groups excluding carboxylic acids is 1. The van der Waals surface area contributed by atoms with Gasteiger partial charge in [0.05, 0.1) is 13.2 Å². The van der Waals surface area contributed by atoms with Gasteiger partial charge in [-0.2, -0.15) is 9.35 Å². The average Bonchev–Trinajstić information content (AvgIpc) is 2.93. The van der Waals surface area contributed by atoms with E-state index in [1.54, 1.807) is 4.90 Å². The standard InChI is InChI=1S/C30H37N3O5S/c1-30(2,3)36-29(34)32(23-25-7-5-4-6-8-25)18-17-24-9-11-26(12-10-24)31-27-13-15-28(16-14-27)37-39-38-33-19-21-35-22-20-33/h4-16,31H,17-23H2,1-3H3. The van der Waals surface area contributed by atoms with Gasteiger partial charge in [0.15, 0.2) is 0 Å². The number of nitrogens with one attached hydrogen (secondary N) is 1. The molecular formula is C30H37N3O5S. The Kier molecular flexibility index (Phi) is 10.5. The van der Waals surface area contributed by atoms with E-state index in [0.717, 1.165) is 54.3 Å². The summed E-state index contributed by atoms with van der Waals surface area (Å²) in [5, 5.41) is 5.23. The molecule has 1 aliphatic heterocycles. The second-order valence-corrected chi connectivity index (χ2v) is 10.7. The zero-order valence-electron chi connectivity index (χ0n) is 22.8. The van der Waals surface area contributed by atoms with Gasteiger partial charge in [-0.3, -0.25) is 0 Å². The van der Waals surface area contributed by atoms with Crippen LogP contribution in [0.1, 0.15) is 31.9 Å². The maximum absolute atomic E-state index is 12.9. The maximum atomic E-state index is 12.9. The summed E-state index contributed by atoms with van der Waals surface area (Å²) in [7, 11) is 0. The Morgan fingerprint density at radius 2 is 1.56 bits per heavy atom. The topological polar surface area (TPSA) is 72.5 Å². The van der Waals surface area contributed by atoms with Crippen LogP contribution in [0.2, 0.25) is 0 Å². The molecule has 208 valence electrons. The van der Waals surface area contributed by atoms with Crippen molar-refractivity contribution < 1.29 is 22.7 Å². The lowest BCUT2D eigenvalue weighted by atomic mass is 10.1. The average molecular weight is 552 g/mol. The number of anilines is 2. The van der Waals surface area contributed by atoms with Crippen molar-refractivity contribution in [3.05, 3.63) is 90.0 Å². The third-order valence-electron chi connectivity index (χ3n) is 5.87. The molecule has 0 spiro atoms. The van der Waals surface area contributed by atoms with Crippen molar-refractivity contribution >= 4 is 29.8 Å². The molecule has 4 rings (SSSR count). The molecule has 3 aromatic carbocycles. The zero-order chi connectivity index (χ0) is 27.5. The van der Waals surface area contributed by atoms with E-state index in [-0.39, 0.29) is 6.09 Å². The normalized spacial score (nSPS) is 14.0. The molecule has 9 heteroatoms. The van der Waals surface area contributed by atoms with Crippen LogP contribution in [0.25, 0.3) is 0 Å². The molecule has 1 amide bonds. The smallest absolute Gasteiger partial charge is 0.410 e. The highest BCUT2D eigenvalue weighted by Gasteiger charge is 2.22. The van der Waals surface area contributed by atoms with Gasteiger partial charge in [0.1, 0.15) is 11.4 Å². The zero-order valence-corrected chi connectivity index (χ0v) is 23.6. The number of hydrogen-bond donors (Lipinski definition) is 1. The molecule has 1 N–H and O–H groups in total. The molecule has 1 fully saturated rings. The lowest BCUT2D eigenvalue weighted by molar-refractivity contribution is -0.108. The summed E-state index contributed by atoms with van der Waals surface area (Å²) in [4.78, 5) is 14.6. The molecule has 1 saturated heterocycles. The minimum Gasteiger partial charge on any atom is -0.444 e. The largest absolute Gasteiger partial charge is 0.444 e. The second-order valence-electron chi connectivity index (χ2n) is 10.3. The van der Waals surface area contributed by atoms with Gasteiger partial charge in [0.25, 0.3) is 0 Å². The van der Waals surface area contributed by atoms with Crippen molar-refractivity contribution in [2.24, 2.45) is 0 Å². The Morgan fingerprint density at radius 1 is 0.923 bits per heavy atom. The molecule has 0 aromatic heterocycles. The van der Waals surface area contributed by atoms with E-state index in [1.165, 1.54) is 0 Å². The van der Waals surface area contributed by atoms with Crippen LogP contribution < -0.4 is 9.50 Å². The number of hydrogen-bond acceptors (Lipinski definition) is 8. The molecule has 0 radical (unpaired) electrons. The van der Waals surface area contributed by atoms with Crippen LogP contribution in [-0.2, 0) is 26.7 Å². The van der Waals surface area contributed by atoms with Crippen LogP contribution in [-0.4, -0.2) is 54.5 Å². The lowest BCUT2D eigenvalue weighted by Gasteiger charge is -2.27. The van der Waals surface area contributed by atoms with Gasteiger partial charge >= 0.3 is 6.09 Å². The summed E-state index contributed by atoms with van der Waals surface area (Å²) < 4.78 is 22.1. The Balaban J connectivity index is 1.26. The summed E-state index contributed by atoms with van der Waals surface area (Å²) in [5.74, 6) is 0.708. The number of ether oxygens (including phenoxy) is 2. The predicted octanol–water partition coefficient (Wildman–Crippen LogP) is 6.62. The minimum atomic E-state index is -0.542. The van der Waals surface area contributed by atoms with E-state index in [4.69, 9.17) is 17.9 Å². The van der Waals surface area contributed by atoms with Crippen molar-refractivity contribution in [2.75, 3.05) is 38.2 Å². The number of hydroxylamine groups is 2. The summed E-state index contributed by atoms with van der Waals surface area (Å²) in [6.07, 6.45) is 0.422. The van der Waals surface area contributed by atoms with Crippen molar-refractivity contribution in [1.82, 2.24) is 9.96 Å². The van der Waals surface area contributed by atoms with Gasteiger partial charge < -0.3 is 23.9 Å². The lowest BCUT2D eigenvalue weighted by Crippen LogP contribution is -2.37. The van der Waals surface area contributed by atoms with E-state index < -0.39 is 5.60 Å². The van der Waals surface area contributed by atoms with E-state index in [9.17, 15) is 4.79 Å². The van der Waals surface area contributed by atoms with Crippen LogP contribution in [0.4, 0.5) is 16.2 Å². The highest BCUT2D eigenvalue weighted by Crippen LogP contribution is 2.24. The van der Waals surface area contributed by atoms with Crippen molar-refractivity contribution in [3.63, 3.8) is 0 Å². The molecular weight excluding hydrogens is 514 g/mol. The van der Waals surface area contributed by atoms with Gasteiger partial charge in [0, 0.05) is 37.6 Å². The van der Waals surface area contributed by atoms with Gasteiger partial charge in [-0.05, 0) is 74.7 Å². The third-order valence-corrected chi connectivity index (χ3v) is 6.40. The molecule has 0 saturated carbocycles. The van der Waals surface area contributed by atoms with Gasteiger partial charge in [0.2, 0.25) is 12.3 Å². The molecule has 39 heavy (non-hydrogen) atoms. The number of rotatable bonds is 11. The van der Waals surface area contributed by atoms with Crippen LogP contribution >= 0.6 is 12.3 Å². The van der Waals surface area contributed by atoms with Gasteiger partial charge in [-0.15, -0.1) is 0 Å². The van der Waals surface area contributed by atoms with Gasteiger partial charge in [-0.1, -0.05) is 42.5 Å². The summed E-state index contributed by atoms with van der Waals surface area (Å²) in [5.41, 5.74) is 3.60. The van der Waals surface area contributed by atoms with Crippen molar-refractivity contribution in [3.8, 4) is 5.75 Å². The number of benzene rings is 3. The van der Waals surface area contributed by atoms with Crippen molar-refractivity contribution in [2.45, 2.75) is 39.3 Å². The Labute approximate surface area is 235 Å².